The SMILES string of the molecule is CC[NH+](CC(=O)NC1(C#N)CCCC1)Cc1ccc(N(C)C)cc1. The molecule has 5 nitrogen and oxygen atoms in total. The van der Waals surface area contributed by atoms with Crippen molar-refractivity contribution in [1.82, 2.24) is 5.32 Å². The maximum absolute atomic E-state index is 12.4. The highest BCUT2D eigenvalue weighted by Crippen LogP contribution is 2.28. The zero-order valence-electron chi connectivity index (χ0n) is 15.1. The molecule has 0 saturated heterocycles. The Balaban J connectivity index is 1.91. The molecular weight excluding hydrogens is 300 g/mol. The summed E-state index contributed by atoms with van der Waals surface area (Å²) in [5, 5.41) is 12.4. The molecule has 1 aliphatic carbocycles. The second-order valence-electron chi connectivity index (χ2n) is 6.97. The topological polar surface area (TPSA) is 60.6 Å². The lowest BCUT2D eigenvalue weighted by Crippen LogP contribution is -3.11. The third kappa shape index (κ3) is 4.72. The highest BCUT2D eigenvalue weighted by molar-refractivity contribution is 5.78. The minimum Gasteiger partial charge on any atom is -0.378 e. The van der Waals surface area contributed by atoms with Gasteiger partial charge in [0.2, 0.25) is 0 Å². The molecule has 1 atom stereocenters. The Labute approximate surface area is 145 Å². The van der Waals surface area contributed by atoms with Crippen LogP contribution in [0.2, 0.25) is 0 Å². The van der Waals surface area contributed by atoms with Gasteiger partial charge in [0.25, 0.3) is 5.91 Å². The van der Waals surface area contributed by atoms with Crippen LogP contribution in [-0.4, -0.2) is 38.6 Å². The molecule has 1 amide bonds. The molecule has 1 unspecified atom stereocenters. The van der Waals surface area contributed by atoms with Crippen molar-refractivity contribution in [3.63, 3.8) is 0 Å². The van der Waals surface area contributed by atoms with Crippen molar-refractivity contribution >= 4 is 11.6 Å². The fourth-order valence-corrected chi connectivity index (χ4v) is 3.29. The molecule has 1 aromatic rings. The van der Waals surface area contributed by atoms with E-state index in [9.17, 15) is 10.1 Å². The number of nitrogens with zero attached hydrogens (tertiary/aromatic N) is 2. The Morgan fingerprint density at radius 1 is 1.29 bits per heavy atom. The number of likely N-dealkylation sites (N-methyl/N-ethyl adjacent to an activating group) is 1. The first-order chi connectivity index (χ1) is 11.5. The number of carbonyl (C=O) groups excluding carboxylic acids is 1. The summed E-state index contributed by atoms with van der Waals surface area (Å²) >= 11 is 0. The zero-order chi connectivity index (χ0) is 17.6. The van der Waals surface area contributed by atoms with E-state index >= 15 is 0 Å². The Kier molecular flexibility index (Phi) is 6.22. The Hall–Kier alpha value is -2.06. The number of benzene rings is 1. The fourth-order valence-electron chi connectivity index (χ4n) is 3.29. The van der Waals surface area contributed by atoms with Crippen LogP contribution >= 0.6 is 0 Å². The van der Waals surface area contributed by atoms with E-state index in [-0.39, 0.29) is 5.91 Å². The predicted octanol–water partition coefficient (Wildman–Crippen LogP) is 1.11. The van der Waals surface area contributed by atoms with Crippen LogP contribution in [0.4, 0.5) is 5.69 Å². The predicted molar refractivity (Wildman–Crippen MR) is 95.8 cm³/mol. The van der Waals surface area contributed by atoms with Crippen molar-refractivity contribution < 1.29 is 9.69 Å². The molecule has 1 fully saturated rings. The standard InChI is InChI=1S/C19H28N4O/c1-4-23(13-16-7-9-17(10-8-16)22(2)3)14-18(24)21-19(15-20)11-5-6-12-19/h7-10H,4-6,11-14H2,1-3H3,(H,21,24)/p+1. The van der Waals surface area contributed by atoms with Gasteiger partial charge in [-0.2, -0.15) is 5.26 Å². The summed E-state index contributed by atoms with van der Waals surface area (Å²) in [6.45, 7) is 4.20. The van der Waals surface area contributed by atoms with Crippen LogP contribution in [0.15, 0.2) is 24.3 Å². The number of nitriles is 1. The smallest absolute Gasteiger partial charge is 0.276 e. The maximum atomic E-state index is 12.4. The zero-order valence-corrected chi connectivity index (χ0v) is 15.1. The number of rotatable bonds is 7. The van der Waals surface area contributed by atoms with Gasteiger partial charge in [-0.05, 0) is 44.7 Å². The molecule has 5 heteroatoms. The van der Waals surface area contributed by atoms with Gasteiger partial charge in [0.15, 0.2) is 6.54 Å². The summed E-state index contributed by atoms with van der Waals surface area (Å²) < 4.78 is 0. The normalized spacial score (nSPS) is 17.1. The molecule has 24 heavy (non-hydrogen) atoms. The van der Waals surface area contributed by atoms with Gasteiger partial charge in [-0.15, -0.1) is 0 Å². The van der Waals surface area contributed by atoms with E-state index in [2.05, 4.69) is 47.5 Å². The second-order valence-corrected chi connectivity index (χ2v) is 6.97. The van der Waals surface area contributed by atoms with Crippen LogP contribution in [0.25, 0.3) is 0 Å². The number of hydrogen-bond donors (Lipinski definition) is 2. The molecule has 1 saturated carbocycles. The molecule has 0 aliphatic heterocycles. The van der Waals surface area contributed by atoms with Crippen molar-refractivity contribution in [2.45, 2.75) is 44.7 Å². The van der Waals surface area contributed by atoms with Crippen molar-refractivity contribution in [2.75, 3.05) is 32.1 Å². The molecule has 1 aromatic carbocycles. The van der Waals surface area contributed by atoms with E-state index in [1.165, 1.54) is 16.2 Å². The third-order valence-electron chi connectivity index (χ3n) is 4.87. The Morgan fingerprint density at radius 3 is 2.42 bits per heavy atom. The lowest BCUT2D eigenvalue weighted by Gasteiger charge is -2.24. The van der Waals surface area contributed by atoms with Crippen molar-refractivity contribution in [3.8, 4) is 6.07 Å². The van der Waals surface area contributed by atoms with Crippen LogP contribution in [0.1, 0.15) is 38.2 Å². The number of quaternary nitrogens is 1. The van der Waals surface area contributed by atoms with Gasteiger partial charge >= 0.3 is 0 Å². The molecular formula is C19H29N4O+. The average Bonchev–Trinajstić information content (AvgIpc) is 3.03. The molecule has 2 N–H and O–H groups in total. The van der Waals surface area contributed by atoms with Crippen molar-refractivity contribution in [3.05, 3.63) is 29.8 Å². The highest BCUT2D eigenvalue weighted by atomic mass is 16.2. The molecule has 0 radical (unpaired) electrons. The number of nitrogens with one attached hydrogen (secondary N) is 2. The fraction of sp³-hybridized carbons (Fsp3) is 0.579. The number of carbonyl (C=O) groups is 1. The Bertz CT molecular complexity index is 582. The minimum atomic E-state index is -0.622. The third-order valence-corrected chi connectivity index (χ3v) is 4.87. The number of amides is 1. The van der Waals surface area contributed by atoms with Gasteiger partial charge in [-0.1, -0.05) is 12.1 Å². The van der Waals surface area contributed by atoms with Gasteiger partial charge in [0.1, 0.15) is 12.1 Å². The lowest BCUT2D eigenvalue weighted by molar-refractivity contribution is -0.904. The van der Waals surface area contributed by atoms with Gasteiger partial charge in [0.05, 0.1) is 12.6 Å². The van der Waals surface area contributed by atoms with E-state index in [1.807, 2.05) is 14.1 Å². The summed E-state index contributed by atoms with van der Waals surface area (Å²) in [5.74, 6) is -0.0137. The summed E-state index contributed by atoms with van der Waals surface area (Å²) in [6, 6.07) is 10.8. The molecule has 1 aliphatic rings. The van der Waals surface area contributed by atoms with Crippen LogP contribution in [0, 0.1) is 11.3 Å². The quantitative estimate of drug-likeness (QED) is 0.788. The minimum absolute atomic E-state index is 0.0137. The van der Waals surface area contributed by atoms with E-state index in [0.29, 0.717) is 6.54 Å². The summed E-state index contributed by atoms with van der Waals surface area (Å²) in [6.07, 6.45) is 3.61. The monoisotopic (exact) mass is 329 g/mol. The van der Waals surface area contributed by atoms with Gasteiger partial charge in [-0.25, -0.2) is 0 Å². The van der Waals surface area contributed by atoms with E-state index < -0.39 is 5.54 Å². The second kappa shape index (κ2) is 8.16. The largest absolute Gasteiger partial charge is 0.378 e. The summed E-state index contributed by atoms with van der Waals surface area (Å²) in [7, 11) is 4.05. The number of anilines is 1. The van der Waals surface area contributed by atoms with Crippen LogP contribution in [0.5, 0.6) is 0 Å². The maximum Gasteiger partial charge on any atom is 0.276 e. The first-order valence-electron chi connectivity index (χ1n) is 8.80. The van der Waals surface area contributed by atoms with Crippen LogP contribution in [-0.2, 0) is 11.3 Å². The van der Waals surface area contributed by atoms with Gasteiger partial charge < -0.3 is 15.1 Å². The van der Waals surface area contributed by atoms with E-state index in [4.69, 9.17) is 0 Å². The number of hydrogen-bond acceptors (Lipinski definition) is 3. The van der Waals surface area contributed by atoms with Gasteiger partial charge in [0, 0.05) is 25.3 Å². The Morgan fingerprint density at radius 2 is 1.92 bits per heavy atom. The molecule has 130 valence electrons. The molecule has 0 heterocycles. The van der Waals surface area contributed by atoms with Crippen LogP contribution < -0.4 is 15.1 Å². The van der Waals surface area contributed by atoms with Crippen LogP contribution in [0.3, 0.4) is 0 Å². The summed E-state index contributed by atoms with van der Waals surface area (Å²) in [5.41, 5.74) is 1.77. The molecule has 0 aromatic heterocycles. The van der Waals surface area contributed by atoms with Crippen molar-refractivity contribution in [1.29, 1.82) is 5.26 Å². The molecule has 2 rings (SSSR count). The summed E-state index contributed by atoms with van der Waals surface area (Å²) in [4.78, 5) is 15.7. The average molecular weight is 329 g/mol. The first-order valence-corrected chi connectivity index (χ1v) is 8.80. The highest BCUT2D eigenvalue weighted by Gasteiger charge is 2.36. The lowest BCUT2D eigenvalue weighted by atomic mass is 10.00. The van der Waals surface area contributed by atoms with E-state index in [0.717, 1.165) is 38.8 Å². The molecule has 0 spiro atoms. The van der Waals surface area contributed by atoms with E-state index in [1.54, 1.807) is 0 Å². The molecule has 0 bridgehead atoms. The first kappa shape index (κ1) is 18.3. The van der Waals surface area contributed by atoms with Gasteiger partial charge in [-0.3, -0.25) is 4.79 Å². The van der Waals surface area contributed by atoms with Crippen molar-refractivity contribution in [2.24, 2.45) is 0 Å².